The number of benzene rings is 2. The molecule has 0 spiro atoms. The fourth-order valence-electron chi connectivity index (χ4n) is 1.83. The van der Waals surface area contributed by atoms with E-state index in [9.17, 15) is 9.90 Å². The van der Waals surface area contributed by atoms with Crippen molar-refractivity contribution in [3.05, 3.63) is 69.7 Å². The molecule has 0 aliphatic heterocycles. The Hall–Kier alpha value is -1.35. The van der Waals surface area contributed by atoms with Gasteiger partial charge in [0.2, 0.25) is 0 Å². The Labute approximate surface area is 115 Å². The fraction of sp³-hybridized carbons (Fsp3) is 0.0714. The smallest absolute Gasteiger partial charge is 0.173 e. The number of rotatable bonds is 3. The van der Waals surface area contributed by atoms with Crippen molar-refractivity contribution < 1.29 is 9.90 Å². The highest BCUT2D eigenvalue weighted by atomic mass is 35.5. The first kappa shape index (κ1) is 13.1. The Morgan fingerprint density at radius 1 is 0.944 bits per heavy atom. The molecule has 0 heterocycles. The molecule has 0 aliphatic rings. The number of halogens is 2. The Morgan fingerprint density at radius 3 is 2.00 bits per heavy atom. The molecule has 2 nitrogen and oxygen atoms in total. The van der Waals surface area contributed by atoms with E-state index in [1.807, 2.05) is 0 Å². The largest absolute Gasteiger partial charge is 0.373 e. The molecule has 0 aromatic heterocycles. The zero-order valence-corrected chi connectivity index (χ0v) is 10.8. The first-order chi connectivity index (χ1) is 8.59. The highest BCUT2D eigenvalue weighted by Gasteiger charge is 2.35. The van der Waals surface area contributed by atoms with Crippen LogP contribution in [0.15, 0.2) is 48.5 Å². The molecule has 0 saturated carbocycles. The van der Waals surface area contributed by atoms with Gasteiger partial charge >= 0.3 is 0 Å². The maximum Gasteiger partial charge on any atom is 0.173 e. The quantitative estimate of drug-likeness (QED) is 0.875. The van der Waals surface area contributed by atoms with Crippen LogP contribution in [0.3, 0.4) is 0 Å². The third-order valence-electron chi connectivity index (χ3n) is 2.73. The molecule has 0 aliphatic carbocycles. The van der Waals surface area contributed by atoms with Crippen LogP contribution in [0.2, 0.25) is 10.0 Å². The third-order valence-corrected chi connectivity index (χ3v) is 3.36. The predicted molar refractivity (Wildman–Crippen MR) is 72.0 cm³/mol. The molecule has 2 rings (SSSR count). The fourth-order valence-corrected chi connectivity index (χ4v) is 2.51. The predicted octanol–water partition coefficient (Wildman–Crippen LogP) is 3.43. The lowest BCUT2D eigenvalue weighted by molar-refractivity contribution is -0.121. The topological polar surface area (TPSA) is 37.3 Å². The third kappa shape index (κ3) is 2.15. The summed E-state index contributed by atoms with van der Waals surface area (Å²) in [5, 5.41) is 11.1. The molecule has 2 aromatic carbocycles. The van der Waals surface area contributed by atoms with Crippen molar-refractivity contribution in [1.29, 1.82) is 0 Å². The Morgan fingerprint density at radius 2 is 1.50 bits per heavy atom. The van der Waals surface area contributed by atoms with E-state index in [1.165, 1.54) is 0 Å². The average molecular weight is 281 g/mol. The minimum Gasteiger partial charge on any atom is -0.373 e. The average Bonchev–Trinajstić information content (AvgIpc) is 2.39. The van der Waals surface area contributed by atoms with Gasteiger partial charge in [-0.15, -0.1) is 0 Å². The maximum atomic E-state index is 11.4. The molecule has 92 valence electrons. The Kier molecular flexibility index (Phi) is 3.71. The maximum absolute atomic E-state index is 11.4. The first-order valence-corrected chi connectivity index (χ1v) is 6.04. The number of hydrogen-bond donors (Lipinski definition) is 1. The van der Waals surface area contributed by atoms with Crippen molar-refractivity contribution in [2.75, 3.05) is 0 Å². The summed E-state index contributed by atoms with van der Waals surface area (Å²) in [5.41, 5.74) is -1.21. The lowest BCUT2D eigenvalue weighted by Gasteiger charge is -2.24. The van der Waals surface area contributed by atoms with Gasteiger partial charge in [0.1, 0.15) is 0 Å². The van der Waals surface area contributed by atoms with E-state index in [2.05, 4.69) is 0 Å². The normalized spacial score (nSPS) is 13.9. The van der Waals surface area contributed by atoms with E-state index in [1.54, 1.807) is 48.5 Å². The van der Waals surface area contributed by atoms with Crippen molar-refractivity contribution >= 4 is 29.5 Å². The highest BCUT2D eigenvalue weighted by molar-refractivity contribution is 6.36. The van der Waals surface area contributed by atoms with Crippen molar-refractivity contribution in [3.8, 4) is 0 Å². The second-order valence-electron chi connectivity index (χ2n) is 3.85. The molecule has 2 aromatic rings. The summed E-state index contributed by atoms with van der Waals surface area (Å²) in [7, 11) is 0. The van der Waals surface area contributed by atoms with Crippen LogP contribution in [0.1, 0.15) is 11.1 Å². The molecule has 1 unspecified atom stereocenters. The highest BCUT2D eigenvalue weighted by Crippen LogP contribution is 2.37. The molecular weight excluding hydrogens is 271 g/mol. The SMILES string of the molecule is O=CC(O)(c1ccccc1)c1c(Cl)cccc1Cl. The molecule has 0 bridgehead atoms. The number of carbonyl (C=O) groups is 1. The molecule has 0 radical (unpaired) electrons. The van der Waals surface area contributed by atoms with Gasteiger partial charge in [0, 0.05) is 15.6 Å². The summed E-state index contributed by atoms with van der Waals surface area (Å²) in [6.07, 6.45) is 0.440. The van der Waals surface area contributed by atoms with Crippen LogP contribution in [0.5, 0.6) is 0 Å². The van der Waals surface area contributed by atoms with Crippen LogP contribution >= 0.6 is 23.2 Å². The molecule has 18 heavy (non-hydrogen) atoms. The monoisotopic (exact) mass is 280 g/mol. The van der Waals surface area contributed by atoms with Gasteiger partial charge in [-0.05, 0) is 17.7 Å². The van der Waals surface area contributed by atoms with Crippen molar-refractivity contribution in [2.24, 2.45) is 0 Å². The molecule has 0 amide bonds. The van der Waals surface area contributed by atoms with Gasteiger partial charge in [-0.25, -0.2) is 0 Å². The molecule has 1 N–H and O–H groups in total. The minimum atomic E-state index is -1.84. The van der Waals surface area contributed by atoms with Gasteiger partial charge in [0.15, 0.2) is 11.9 Å². The zero-order chi connectivity index (χ0) is 13.2. The Balaban J connectivity index is 2.68. The van der Waals surface area contributed by atoms with Gasteiger partial charge in [0.05, 0.1) is 0 Å². The standard InChI is InChI=1S/C14H10Cl2O2/c15-11-7-4-8-12(16)13(11)14(18,9-17)10-5-2-1-3-6-10/h1-9,18H. The van der Waals surface area contributed by atoms with Crippen LogP contribution < -0.4 is 0 Å². The second kappa shape index (κ2) is 5.11. The van der Waals surface area contributed by atoms with Crippen LogP contribution in [-0.2, 0) is 10.4 Å². The van der Waals surface area contributed by atoms with Crippen LogP contribution in [0.25, 0.3) is 0 Å². The summed E-state index contributed by atoms with van der Waals surface area (Å²) in [4.78, 5) is 11.4. The number of aldehydes is 1. The molecular formula is C14H10Cl2O2. The van der Waals surface area contributed by atoms with Gasteiger partial charge in [-0.1, -0.05) is 59.6 Å². The number of carbonyl (C=O) groups excluding carboxylic acids is 1. The van der Waals surface area contributed by atoms with E-state index in [0.717, 1.165) is 0 Å². The van der Waals surface area contributed by atoms with Gasteiger partial charge in [-0.2, -0.15) is 0 Å². The van der Waals surface area contributed by atoms with E-state index in [-0.39, 0.29) is 15.6 Å². The van der Waals surface area contributed by atoms with Crippen LogP contribution in [0.4, 0.5) is 0 Å². The van der Waals surface area contributed by atoms with Gasteiger partial charge < -0.3 is 5.11 Å². The summed E-state index contributed by atoms with van der Waals surface area (Å²) < 4.78 is 0. The summed E-state index contributed by atoms with van der Waals surface area (Å²) >= 11 is 12.1. The minimum absolute atomic E-state index is 0.203. The van der Waals surface area contributed by atoms with E-state index in [4.69, 9.17) is 23.2 Å². The molecule has 0 fully saturated rings. The van der Waals surface area contributed by atoms with E-state index < -0.39 is 5.60 Å². The van der Waals surface area contributed by atoms with Crippen LogP contribution in [-0.4, -0.2) is 11.4 Å². The van der Waals surface area contributed by atoms with Gasteiger partial charge in [0.25, 0.3) is 0 Å². The van der Waals surface area contributed by atoms with E-state index in [0.29, 0.717) is 11.8 Å². The summed E-state index contributed by atoms with van der Waals surface area (Å²) in [5.74, 6) is 0. The van der Waals surface area contributed by atoms with Crippen molar-refractivity contribution in [3.63, 3.8) is 0 Å². The zero-order valence-electron chi connectivity index (χ0n) is 9.31. The number of aliphatic hydroxyl groups is 1. The van der Waals surface area contributed by atoms with Crippen LogP contribution in [0, 0.1) is 0 Å². The van der Waals surface area contributed by atoms with Gasteiger partial charge in [-0.3, -0.25) is 4.79 Å². The lowest BCUT2D eigenvalue weighted by atomic mass is 9.87. The lowest BCUT2D eigenvalue weighted by Crippen LogP contribution is -2.29. The second-order valence-corrected chi connectivity index (χ2v) is 4.66. The molecule has 4 heteroatoms. The number of hydrogen-bond acceptors (Lipinski definition) is 2. The van der Waals surface area contributed by atoms with Crippen molar-refractivity contribution in [2.45, 2.75) is 5.60 Å². The Bertz CT molecular complexity index is 549. The molecule has 0 saturated heterocycles. The molecule has 1 atom stereocenters. The summed E-state index contributed by atoms with van der Waals surface area (Å²) in [6.45, 7) is 0. The van der Waals surface area contributed by atoms with E-state index >= 15 is 0 Å². The summed E-state index contributed by atoms with van der Waals surface area (Å²) in [6, 6.07) is 13.4. The van der Waals surface area contributed by atoms with Crippen molar-refractivity contribution in [1.82, 2.24) is 0 Å². The first-order valence-electron chi connectivity index (χ1n) is 5.28.